The molecule has 0 saturated carbocycles. The Bertz CT molecular complexity index is 1120. The molecular weight excluding hydrogens is 533 g/mol. The molecule has 0 spiro atoms. The van der Waals surface area contributed by atoms with Crippen LogP contribution in [0, 0.1) is 11.3 Å². The van der Waals surface area contributed by atoms with Crippen molar-refractivity contribution in [2.45, 2.75) is 17.8 Å². The summed E-state index contributed by atoms with van der Waals surface area (Å²) in [7, 11) is 0. The molecule has 0 aliphatic carbocycles. The molecule has 0 heterocycles. The summed E-state index contributed by atoms with van der Waals surface area (Å²) in [6.45, 7) is 3.78. The molecule has 0 amide bonds. The molecule has 170 valence electrons. The molecule has 0 saturated heterocycles. The van der Waals surface area contributed by atoms with E-state index < -0.39 is 5.97 Å². The van der Waals surface area contributed by atoms with Crippen molar-refractivity contribution in [3.05, 3.63) is 83.9 Å². The number of carbonyl (C=O) groups excluding carboxylic acids is 2. The molecule has 3 aromatic rings. The van der Waals surface area contributed by atoms with Crippen molar-refractivity contribution < 1.29 is 45.0 Å². The molecule has 0 aliphatic rings. The summed E-state index contributed by atoms with van der Waals surface area (Å²) in [6, 6.07) is 22.9. The number of rotatable bonds is 9. The molecule has 0 fully saturated rings. The number of ether oxygens (including phenoxy) is 3. The summed E-state index contributed by atoms with van der Waals surface area (Å²) in [6.07, 6.45) is 0. The minimum atomic E-state index is -0.489. The van der Waals surface area contributed by atoms with Gasteiger partial charge in [0.15, 0.2) is 0 Å². The molecule has 0 bridgehead atoms. The van der Waals surface area contributed by atoms with Gasteiger partial charge in [0.2, 0.25) is 0 Å². The second kappa shape index (κ2) is 12.0. The van der Waals surface area contributed by atoms with Crippen LogP contribution in [0.2, 0.25) is 0 Å². The number of hydrogen-bond acceptors (Lipinski definition) is 6. The summed E-state index contributed by atoms with van der Waals surface area (Å²) >= 11 is -0.190. The van der Waals surface area contributed by atoms with Gasteiger partial charge in [0, 0.05) is 0 Å². The van der Waals surface area contributed by atoms with Gasteiger partial charge < -0.3 is 0 Å². The Morgan fingerprint density at radius 1 is 0.909 bits per heavy atom. The van der Waals surface area contributed by atoms with Crippen LogP contribution in [0.15, 0.2) is 72.8 Å². The first kappa shape index (κ1) is 24.3. The van der Waals surface area contributed by atoms with Crippen LogP contribution in [0.1, 0.15) is 29.8 Å². The van der Waals surface area contributed by atoms with Gasteiger partial charge in [0.05, 0.1) is 11.6 Å². The Hall–Kier alpha value is -3.38. The zero-order valence-corrected chi connectivity index (χ0v) is 20.4. The quantitative estimate of drug-likeness (QED) is 0.132. The van der Waals surface area contributed by atoms with Crippen molar-refractivity contribution in [1.29, 1.82) is 5.26 Å². The second-order valence-electron chi connectivity index (χ2n) is 6.89. The molecule has 0 N–H and O–H groups in total. The van der Waals surface area contributed by atoms with Gasteiger partial charge in [-0.2, -0.15) is 5.26 Å². The van der Waals surface area contributed by atoms with Gasteiger partial charge >= 0.3 is 127 Å². The van der Waals surface area contributed by atoms with Crippen molar-refractivity contribution in [1.82, 2.24) is 0 Å². The molecule has 1 atom stereocenters. The van der Waals surface area contributed by atoms with Crippen LogP contribution in [0.5, 0.6) is 11.5 Å². The first-order valence-electron chi connectivity index (χ1n) is 10.3. The molecule has 3 aromatic carbocycles. The van der Waals surface area contributed by atoms with Crippen LogP contribution in [0.25, 0.3) is 11.1 Å². The number of esters is 2. The molecule has 7 heteroatoms. The monoisotopic (exact) mass is 556 g/mol. The van der Waals surface area contributed by atoms with Crippen molar-refractivity contribution in [3.63, 3.8) is 0 Å². The maximum absolute atomic E-state index is 12.4. The van der Waals surface area contributed by atoms with Gasteiger partial charge in [-0.05, 0) is 35.4 Å². The van der Waals surface area contributed by atoms with Crippen LogP contribution in [-0.2, 0) is 9.53 Å². The third kappa shape index (κ3) is 7.05. The number of benzene rings is 3. The van der Waals surface area contributed by atoms with E-state index in [1.807, 2.05) is 31.2 Å². The van der Waals surface area contributed by atoms with Crippen LogP contribution in [0.3, 0.4) is 0 Å². The van der Waals surface area contributed by atoms with Gasteiger partial charge in [-0.15, -0.1) is 0 Å². The fourth-order valence-electron chi connectivity index (χ4n) is 2.87. The van der Waals surface area contributed by atoms with E-state index in [0.717, 1.165) is 15.6 Å². The van der Waals surface area contributed by atoms with E-state index in [2.05, 4.69) is 13.0 Å². The standard InChI is InChI=1S/C26H23INO5/c1-3-27-18(2)25(29)32-17-31-23-12-10-22(11-13-23)26(30)33-24-14-8-21(9-15-24)20-6-4-19(16-28)5-7-20/h4-15,18H,3,17H2,1-2H3/q-1. The molecule has 0 aliphatic heterocycles. The second-order valence-corrected chi connectivity index (χ2v) is 11.2. The van der Waals surface area contributed by atoms with Gasteiger partial charge in [0.1, 0.15) is 0 Å². The predicted molar refractivity (Wildman–Crippen MR) is 120 cm³/mol. The van der Waals surface area contributed by atoms with E-state index in [4.69, 9.17) is 19.5 Å². The number of hydrogen-bond donors (Lipinski definition) is 0. The van der Waals surface area contributed by atoms with E-state index in [9.17, 15) is 9.59 Å². The van der Waals surface area contributed by atoms with Crippen LogP contribution < -0.4 is 30.7 Å². The Morgan fingerprint density at radius 3 is 2.06 bits per heavy atom. The van der Waals surface area contributed by atoms with Crippen molar-refractivity contribution in [2.75, 3.05) is 11.2 Å². The van der Waals surface area contributed by atoms with Crippen LogP contribution in [0.4, 0.5) is 0 Å². The average molecular weight is 556 g/mol. The van der Waals surface area contributed by atoms with E-state index >= 15 is 0 Å². The number of nitriles is 1. The Kier molecular flexibility index (Phi) is 8.84. The van der Waals surface area contributed by atoms with Crippen LogP contribution >= 0.6 is 0 Å². The average Bonchev–Trinajstić information content (AvgIpc) is 2.85. The summed E-state index contributed by atoms with van der Waals surface area (Å²) in [4.78, 5) is 24.3. The van der Waals surface area contributed by atoms with Crippen molar-refractivity contribution in [2.24, 2.45) is 0 Å². The van der Waals surface area contributed by atoms with Gasteiger partial charge in [-0.25, -0.2) is 0 Å². The molecule has 1 unspecified atom stereocenters. The topological polar surface area (TPSA) is 85.6 Å². The Balaban J connectivity index is 1.52. The molecule has 6 nitrogen and oxygen atoms in total. The molecule has 33 heavy (non-hydrogen) atoms. The van der Waals surface area contributed by atoms with Crippen LogP contribution in [-0.4, -0.2) is 27.1 Å². The summed E-state index contributed by atoms with van der Waals surface area (Å²) < 4.78 is 17.0. The van der Waals surface area contributed by atoms with E-state index in [-0.39, 0.29) is 37.9 Å². The third-order valence-electron chi connectivity index (χ3n) is 4.64. The summed E-state index contributed by atoms with van der Waals surface area (Å²) in [5.41, 5.74) is 2.89. The summed E-state index contributed by atoms with van der Waals surface area (Å²) in [5, 5.41) is 8.90. The third-order valence-corrected chi connectivity index (χ3v) is 7.35. The van der Waals surface area contributed by atoms with Gasteiger partial charge in [-0.3, -0.25) is 0 Å². The first-order chi connectivity index (χ1) is 16.0. The SMILES string of the molecule is CC[I-]C(C)C(=O)OCOc1ccc(C(=O)Oc2ccc(-c3ccc(C#N)cc3)cc2)cc1. The Morgan fingerprint density at radius 2 is 1.48 bits per heavy atom. The minimum absolute atomic E-state index is 0.0484. The number of nitrogens with zero attached hydrogens (tertiary/aromatic N) is 1. The molecule has 0 radical (unpaired) electrons. The zero-order chi connectivity index (χ0) is 23.6. The van der Waals surface area contributed by atoms with E-state index in [1.165, 1.54) is 0 Å². The van der Waals surface area contributed by atoms with Gasteiger partial charge in [-0.1, -0.05) is 24.3 Å². The fourth-order valence-corrected chi connectivity index (χ4v) is 4.73. The normalized spacial score (nSPS) is 11.3. The Labute approximate surface area is 203 Å². The van der Waals surface area contributed by atoms with Gasteiger partial charge in [0.25, 0.3) is 0 Å². The number of carbonyl (C=O) groups is 2. The molecule has 0 aromatic heterocycles. The van der Waals surface area contributed by atoms with E-state index in [0.29, 0.717) is 22.6 Å². The number of halogens is 1. The van der Waals surface area contributed by atoms with Crippen molar-refractivity contribution in [3.8, 4) is 28.7 Å². The number of alkyl halides is 2. The summed E-state index contributed by atoms with van der Waals surface area (Å²) in [5.74, 6) is 0.184. The zero-order valence-electron chi connectivity index (χ0n) is 18.3. The van der Waals surface area contributed by atoms with E-state index in [1.54, 1.807) is 48.5 Å². The predicted octanol–water partition coefficient (Wildman–Crippen LogP) is 1.82. The fraction of sp³-hybridized carbons (Fsp3) is 0.192. The first-order valence-corrected chi connectivity index (χ1v) is 13.1. The maximum atomic E-state index is 12.4. The molecular formula is C26H23INO5-. The van der Waals surface area contributed by atoms with Crippen molar-refractivity contribution >= 4 is 11.9 Å². The molecule has 3 rings (SSSR count).